The van der Waals surface area contributed by atoms with E-state index < -0.39 is 0 Å². The number of carbonyl (C=O) groups is 1. The lowest BCUT2D eigenvalue weighted by Crippen LogP contribution is -2.38. The number of benzene rings is 2. The van der Waals surface area contributed by atoms with Gasteiger partial charge in [-0.15, -0.1) is 0 Å². The lowest BCUT2D eigenvalue weighted by atomic mass is 10.1. The van der Waals surface area contributed by atoms with Crippen LogP contribution in [0, 0.1) is 6.92 Å². The fourth-order valence-corrected chi connectivity index (χ4v) is 4.28. The predicted octanol–water partition coefficient (Wildman–Crippen LogP) is 4.89. The highest BCUT2D eigenvalue weighted by Crippen LogP contribution is 2.30. The number of fused-ring (bicyclic) bond motifs is 3. The normalized spacial score (nSPS) is 16.7. The Labute approximate surface area is 168 Å². The Morgan fingerprint density at radius 3 is 2.90 bits per heavy atom. The number of rotatable bonds is 4. The molecule has 1 aliphatic rings. The maximum Gasteiger partial charge on any atom is 0.410 e. The zero-order valence-electron chi connectivity index (χ0n) is 16.4. The lowest BCUT2D eigenvalue weighted by Gasteiger charge is -2.24. The molecular weight excluding hydrogens is 366 g/mol. The molecule has 0 saturated carbocycles. The van der Waals surface area contributed by atoms with Crippen molar-refractivity contribution < 1.29 is 13.9 Å². The molecule has 0 aliphatic carbocycles. The number of likely N-dealkylation sites (tertiary alicyclic amines) is 1. The Morgan fingerprint density at radius 1 is 1.17 bits per heavy atom. The minimum absolute atomic E-state index is 0.0722. The van der Waals surface area contributed by atoms with Crippen LogP contribution in [0.25, 0.3) is 21.9 Å². The molecule has 6 heteroatoms. The topological polar surface area (TPSA) is 60.5 Å². The highest BCUT2D eigenvalue weighted by Gasteiger charge is 2.31. The summed E-state index contributed by atoms with van der Waals surface area (Å²) in [7, 11) is 0. The van der Waals surface area contributed by atoms with Crippen molar-refractivity contribution in [1.29, 1.82) is 0 Å². The van der Waals surface area contributed by atoms with Crippen LogP contribution >= 0.6 is 0 Å². The largest absolute Gasteiger partial charge is 0.464 e. The van der Waals surface area contributed by atoms with Crippen LogP contribution in [-0.2, 0) is 17.9 Å². The second kappa shape index (κ2) is 7.28. The van der Waals surface area contributed by atoms with Gasteiger partial charge in [-0.05, 0) is 43.5 Å². The van der Waals surface area contributed by atoms with E-state index in [-0.39, 0.29) is 12.1 Å². The van der Waals surface area contributed by atoms with E-state index in [1.54, 1.807) is 6.26 Å². The molecule has 0 unspecified atom stereocenters. The Balaban J connectivity index is 1.37. The third-order valence-corrected chi connectivity index (χ3v) is 5.73. The van der Waals surface area contributed by atoms with E-state index >= 15 is 0 Å². The van der Waals surface area contributed by atoms with Crippen molar-refractivity contribution in [1.82, 2.24) is 14.7 Å². The first-order valence-corrected chi connectivity index (χ1v) is 10.0. The maximum absolute atomic E-state index is 12.7. The van der Waals surface area contributed by atoms with Gasteiger partial charge in [-0.3, -0.25) is 4.68 Å². The molecular formula is C23H23N3O3. The summed E-state index contributed by atoms with van der Waals surface area (Å²) >= 11 is 0. The zero-order chi connectivity index (χ0) is 19.8. The molecule has 1 amide bonds. The number of hydrogen-bond donors (Lipinski definition) is 0. The van der Waals surface area contributed by atoms with Gasteiger partial charge in [0.05, 0.1) is 30.1 Å². The SMILES string of the molecule is Cc1nn(C[C@@H]2CCCN2C(=O)OCc2ccccc2)c2c1ccc1occc12. The van der Waals surface area contributed by atoms with Gasteiger partial charge in [-0.25, -0.2) is 4.79 Å². The second-order valence-corrected chi connectivity index (χ2v) is 7.59. The molecule has 0 bridgehead atoms. The van der Waals surface area contributed by atoms with Crippen molar-refractivity contribution in [3.05, 3.63) is 66.1 Å². The fraction of sp³-hybridized carbons (Fsp3) is 0.304. The summed E-state index contributed by atoms with van der Waals surface area (Å²) < 4.78 is 13.2. The summed E-state index contributed by atoms with van der Waals surface area (Å²) in [4.78, 5) is 14.6. The van der Waals surface area contributed by atoms with Crippen LogP contribution in [0.5, 0.6) is 0 Å². The van der Waals surface area contributed by atoms with E-state index in [2.05, 4.69) is 6.07 Å². The van der Waals surface area contributed by atoms with Crippen molar-refractivity contribution >= 4 is 28.0 Å². The summed E-state index contributed by atoms with van der Waals surface area (Å²) in [6, 6.07) is 15.9. The molecule has 2 aromatic heterocycles. The number of aromatic nitrogens is 2. The van der Waals surface area contributed by atoms with Gasteiger partial charge in [0, 0.05) is 17.3 Å². The van der Waals surface area contributed by atoms with E-state index in [1.807, 2.05) is 59.0 Å². The van der Waals surface area contributed by atoms with Crippen molar-refractivity contribution in [2.75, 3.05) is 6.54 Å². The van der Waals surface area contributed by atoms with Crippen LogP contribution in [-0.4, -0.2) is 33.4 Å². The maximum atomic E-state index is 12.7. The number of ether oxygens (including phenoxy) is 1. The molecule has 2 aromatic carbocycles. The first kappa shape index (κ1) is 17.8. The van der Waals surface area contributed by atoms with Gasteiger partial charge < -0.3 is 14.1 Å². The molecule has 1 saturated heterocycles. The average Bonchev–Trinajstić information content (AvgIpc) is 3.46. The summed E-state index contributed by atoms with van der Waals surface area (Å²) in [6.45, 7) is 3.68. The molecule has 0 radical (unpaired) electrons. The van der Waals surface area contributed by atoms with Crippen LogP contribution in [0.15, 0.2) is 59.2 Å². The number of carbonyl (C=O) groups excluding carboxylic acids is 1. The number of amides is 1. The minimum atomic E-state index is -0.252. The Bertz CT molecular complexity index is 1160. The third-order valence-electron chi connectivity index (χ3n) is 5.73. The Hall–Kier alpha value is -3.28. The van der Waals surface area contributed by atoms with Crippen LogP contribution in [0.2, 0.25) is 0 Å². The van der Waals surface area contributed by atoms with Crippen LogP contribution in [0.3, 0.4) is 0 Å². The Morgan fingerprint density at radius 2 is 2.03 bits per heavy atom. The molecule has 148 valence electrons. The average molecular weight is 389 g/mol. The molecule has 3 heterocycles. The molecule has 29 heavy (non-hydrogen) atoms. The summed E-state index contributed by atoms with van der Waals surface area (Å²) in [5.41, 5.74) is 3.90. The first-order valence-electron chi connectivity index (χ1n) is 10.0. The van der Waals surface area contributed by atoms with Crippen molar-refractivity contribution in [2.24, 2.45) is 0 Å². The molecule has 0 N–H and O–H groups in total. The lowest BCUT2D eigenvalue weighted by molar-refractivity contribution is 0.0891. The zero-order valence-corrected chi connectivity index (χ0v) is 16.4. The molecule has 1 atom stereocenters. The molecule has 4 aromatic rings. The van der Waals surface area contributed by atoms with Gasteiger partial charge in [0.15, 0.2) is 0 Å². The highest BCUT2D eigenvalue weighted by molar-refractivity contribution is 6.04. The van der Waals surface area contributed by atoms with Gasteiger partial charge in [0.2, 0.25) is 0 Å². The van der Waals surface area contributed by atoms with E-state index in [9.17, 15) is 4.79 Å². The molecule has 1 fully saturated rings. The van der Waals surface area contributed by atoms with E-state index in [0.29, 0.717) is 13.2 Å². The van der Waals surface area contributed by atoms with Gasteiger partial charge in [0.25, 0.3) is 0 Å². The molecule has 1 aliphatic heterocycles. The van der Waals surface area contributed by atoms with E-state index in [4.69, 9.17) is 14.3 Å². The number of aryl methyl sites for hydroxylation is 1. The van der Waals surface area contributed by atoms with Gasteiger partial charge in [-0.2, -0.15) is 5.10 Å². The molecule has 6 nitrogen and oxygen atoms in total. The highest BCUT2D eigenvalue weighted by atomic mass is 16.6. The fourth-order valence-electron chi connectivity index (χ4n) is 4.28. The number of hydrogen-bond acceptors (Lipinski definition) is 4. The minimum Gasteiger partial charge on any atom is -0.464 e. The third kappa shape index (κ3) is 3.24. The number of furan rings is 1. The van der Waals surface area contributed by atoms with Crippen molar-refractivity contribution in [2.45, 2.75) is 39.0 Å². The van der Waals surface area contributed by atoms with Crippen LogP contribution in [0.4, 0.5) is 4.79 Å². The van der Waals surface area contributed by atoms with Gasteiger partial charge in [-0.1, -0.05) is 30.3 Å². The second-order valence-electron chi connectivity index (χ2n) is 7.59. The quantitative estimate of drug-likeness (QED) is 0.498. The smallest absolute Gasteiger partial charge is 0.410 e. The van der Waals surface area contributed by atoms with Crippen molar-refractivity contribution in [3.8, 4) is 0 Å². The van der Waals surface area contributed by atoms with Gasteiger partial charge >= 0.3 is 6.09 Å². The summed E-state index contributed by atoms with van der Waals surface area (Å²) in [6.07, 6.45) is 3.38. The number of nitrogens with zero attached hydrogens (tertiary/aromatic N) is 3. The van der Waals surface area contributed by atoms with Gasteiger partial charge in [0.1, 0.15) is 12.2 Å². The first-order chi connectivity index (χ1) is 14.2. The standard InChI is InChI=1S/C23H23N3O3/c1-16-19-9-10-21-20(11-13-28-21)22(19)26(24-16)14-18-8-5-12-25(18)23(27)29-15-17-6-3-2-4-7-17/h2-4,6-7,9-11,13,18H,5,8,12,14-15H2,1H3/t18-/m0/s1. The molecule has 0 spiro atoms. The van der Waals surface area contributed by atoms with Crippen LogP contribution in [0.1, 0.15) is 24.1 Å². The summed E-state index contributed by atoms with van der Waals surface area (Å²) in [5, 5.41) is 6.94. The Kier molecular flexibility index (Phi) is 4.46. The predicted molar refractivity (Wildman–Crippen MR) is 111 cm³/mol. The van der Waals surface area contributed by atoms with E-state index in [0.717, 1.165) is 52.5 Å². The van der Waals surface area contributed by atoms with E-state index in [1.165, 1.54) is 0 Å². The van der Waals surface area contributed by atoms with Crippen molar-refractivity contribution in [3.63, 3.8) is 0 Å². The summed E-state index contributed by atoms with van der Waals surface area (Å²) in [5.74, 6) is 0. The van der Waals surface area contributed by atoms with Crippen LogP contribution < -0.4 is 0 Å². The monoisotopic (exact) mass is 389 g/mol. The molecule has 5 rings (SSSR count).